The average molecular weight is 316 g/mol. The lowest BCUT2D eigenvalue weighted by Crippen LogP contribution is -2.20. The van der Waals surface area contributed by atoms with Gasteiger partial charge in [-0.15, -0.1) is 0 Å². The SMILES string of the molecule is CC(C)(C)c1ccc2c(=O)n(Cc3cccc(C#N)c3)ccc2c1. The summed E-state index contributed by atoms with van der Waals surface area (Å²) in [6.45, 7) is 6.96. The summed E-state index contributed by atoms with van der Waals surface area (Å²) in [5, 5.41) is 10.7. The average Bonchev–Trinajstić information content (AvgIpc) is 2.56. The summed E-state index contributed by atoms with van der Waals surface area (Å²) >= 11 is 0. The summed E-state index contributed by atoms with van der Waals surface area (Å²) in [4.78, 5) is 12.7. The zero-order valence-corrected chi connectivity index (χ0v) is 14.2. The van der Waals surface area contributed by atoms with E-state index in [1.807, 2.05) is 42.6 Å². The van der Waals surface area contributed by atoms with Crippen LogP contribution in [0.15, 0.2) is 59.5 Å². The lowest BCUT2D eigenvalue weighted by atomic mass is 9.86. The van der Waals surface area contributed by atoms with Crippen LogP contribution in [0, 0.1) is 11.3 Å². The van der Waals surface area contributed by atoms with Crippen LogP contribution < -0.4 is 5.56 Å². The van der Waals surface area contributed by atoms with E-state index in [4.69, 9.17) is 5.26 Å². The van der Waals surface area contributed by atoms with E-state index in [9.17, 15) is 4.79 Å². The van der Waals surface area contributed by atoms with Crippen LogP contribution in [0.5, 0.6) is 0 Å². The van der Waals surface area contributed by atoms with Crippen molar-refractivity contribution in [3.63, 3.8) is 0 Å². The highest BCUT2D eigenvalue weighted by atomic mass is 16.1. The summed E-state index contributed by atoms with van der Waals surface area (Å²) in [6.07, 6.45) is 1.83. The molecule has 0 amide bonds. The van der Waals surface area contributed by atoms with Gasteiger partial charge in [0.2, 0.25) is 0 Å². The normalized spacial score (nSPS) is 11.4. The zero-order chi connectivity index (χ0) is 17.3. The molecule has 0 aliphatic carbocycles. The number of nitrogens with zero attached hydrogens (tertiary/aromatic N) is 2. The standard InChI is InChI=1S/C21H20N2O/c1-21(2,3)18-7-8-19-17(12-18)9-10-23(20(19)24)14-16-6-4-5-15(11-16)13-22/h4-12H,14H2,1-3H3. The number of hydrogen-bond donors (Lipinski definition) is 0. The highest BCUT2D eigenvalue weighted by Gasteiger charge is 2.14. The fraction of sp³-hybridized carbons (Fsp3) is 0.238. The lowest BCUT2D eigenvalue weighted by Gasteiger charge is -2.19. The molecule has 0 aliphatic rings. The summed E-state index contributed by atoms with van der Waals surface area (Å²) in [5.41, 5.74) is 2.82. The van der Waals surface area contributed by atoms with Crippen LogP contribution in [0.4, 0.5) is 0 Å². The summed E-state index contributed by atoms with van der Waals surface area (Å²) in [7, 11) is 0. The molecule has 0 bridgehead atoms. The lowest BCUT2D eigenvalue weighted by molar-refractivity contribution is 0.591. The summed E-state index contributed by atoms with van der Waals surface area (Å²) in [6, 6.07) is 17.5. The highest BCUT2D eigenvalue weighted by molar-refractivity contribution is 5.82. The largest absolute Gasteiger partial charge is 0.311 e. The van der Waals surface area contributed by atoms with Crippen LogP contribution in [0.25, 0.3) is 10.8 Å². The summed E-state index contributed by atoms with van der Waals surface area (Å²) in [5.74, 6) is 0. The van der Waals surface area contributed by atoms with Gasteiger partial charge < -0.3 is 4.57 Å². The molecule has 0 saturated carbocycles. The third-order valence-electron chi connectivity index (χ3n) is 4.25. The first-order valence-corrected chi connectivity index (χ1v) is 8.01. The molecule has 0 N–H and O–H groups in total. The Hall–Kier alpha value is -2.86. The Kier molecular flexibility index (Phi) is 3.99. The molecule has 0 atom stereocenters. The molecule has 2 aromatic carbocycles. The quantitative estimate of drug-likeness (QED) is 0.710. The van der Waals surface area contributed by atoms with Gasteiger partial charge in [0.15, 0.2) is 0 Å². The Balaban J connectivity index is 2.03. The maximum Gasteiger partial charge on any atom is 0.258 e. The Labute approximate surface area is 141 Å². The van der Waals surface area contributed by atoms with Crippen LogP contribution in [-0.2, 0) is 12.0 Å². The van der Waals surface area contributed by atoms with E-state index in [1.54, 1.807) is 10.6 Å². The number of rotatable bonds is 2. The van der Waals surface area contributed by atoms with Crippen molar-refractivity contribution in [1.29, 1.82) is 5.26 Å². The summed E-state index contributed by atoms with van der Waals surface area (Å²) < 4.78 is 1.69. The molecule has 0 unspecified atom stereocenters. The minimum Gasteiger partial charge on any atom is -0.311 e. The molecule has 0 spiro atoms. The fourth-order valence-electron chi connectivity index (χ4n) is 2.82. The molecule has 3 aromatic rings. The first kappa shape index (κ1) is 16.0. The molecule has 0 fully saturated rings. The number of nitriles is 1. The van der Waals surface area contributed by atoms with Gasteiger partial charge in [-0.05, 0) is 46.2 Å². The maximum absolute atomic E-state index is 12.7. The molecule has 3 rings (SSSR count). The second-order valence-corrected chi connectivity index (χ2v) is 7.11. The Morgan fingerprint density at radius 3 is 2.58 bits per heavy atom. The minimum absolute atomic E-state index is 0.00433. The molecule has 3 heteroatoms. The van der Waals surface area contributed by atoms with E-state index in [-0.39, 0.29) is 11.0 Å². The first-order valence-electron chi connectivity index (χ1n) is 8.01. The maximum atomic E-state index is 12.7. The number of hydrogen-bond acceptors (Lipinski definition) is 2. The van der Waals surface area contributed by atoms with Crippen molar-refractivity contribution >= 4 is 10.8 Å². The Bertz CT molecular complexity index is 1000. The number of fused-ring (bicyclic) bond motifs is 1. The minimum atomic E-state index is -0.00433. The van der Waals surface area contributed by atoms with Gasteiger partial charge >= 0.3 is 0 Å². The molecular weight excluding hydrogens is 296 g/mol. The van der Waals surface area contributed by atoms with Crippen molar-refractivity contribution in [1.82, 2.24) is 4.57 Å². The number of pyridine rings is 1. The van der Waals surface area contributed by atoms with Crippen molar-refractivity contribution < 1.29 is 0 Å². The smallest absolute Gasteiger partial charge is 0.258 e. The number of benzene rings is 2. The second kappa shape index (κ2) is 5.98. The third kappa shape index (κ3) is 3.09. The van der Waals surface area contributed by atoms with Crippen LogP contribution in [0.1, 0.15) is 37.5 Å². The van der Waals surface area contributed by atoms with Crippen molar-refractivity contribution in [2.45, 2.75) is 32.7 Å². The molecule has 0 radical (unpaired) electrons. The molecule has 0 saturated heterocycles. The van der Waals surface area contributed by atoms with Gasteiger partial charge in [0, 0.05) is 11.6 Å². The van der Waals surface area contributed by atoms with E-state index in [0.29, 0.717) is 12.1 Å². The van der Waals surface area contributed by atoms with Crippen molar-refractivity contribution in [2.24, 2.45) is 0 Å². The number of aromatic nitrogens is 1. The molecular formula is C21H20N2O. The molecule has 1 heterocycles. The predicted molar refractivity (Wildman–Crippen MR) is 97.2 cm³/mol. The first-order chi connectivity index (χ1) is 11.4. The van der Waals surface area contributed by atoms with Gasteiger partial charge in [-0.1, -0.05) is 45.0 Å². The zero-order valence-electron chi connectivity index (χ0n) is 14.2. The predicted octanol–water partition coefficient (Wildman–Crippen LogP) is 4.22. The molecule has 120 valence electrons. The highest BCUT2D eigenvalue weighted by Crippen LogP contribution is 2.24. The van der Waals surface area contributed by atoms with Gasteiger partial charge in [0.1, 0.15) is 0 Å². The van der Waals surface area contributed by atoms with Crippen molar-refractivity contribution in [2.75, 3.05) is 0 Å². The third-order valence-corrected chi connectivity index (χ3v) is 4.25. The molecule has 1 aromatic heterocycles. The second-order valence-electron chi connectivity index (χ2n) is 7.11. The van der Waals surface area contributed by atoms with Gasteiger partial charge in [0.05, 0.1) is 18.2 Å². The van der Waals surface area contributed by atoms with Gasteiger partial charge in [0.25, 0.3) is 5.56 Å². The monoisotopic (exact) mass is 316 g/mol. The van der Waals surface area contributed by atoms with Crippen LogP contribution in [-0.4, -0.2) is 4.57 Å². The van der Waals surface area contributed by atoms with E-state index in [0.717, 1.165) is 16.3 Å². The van der Waals surface area contributed by atoms with Crippen LogP contribution in [0.2, 0.25) is 0 Å². The van der Waals surface area contributed by atoms with Crippen molar-refractivity contribution in [3.8, 4) is 6.07 Å². The van der Waals surface area contributed by atoms with Crippen LogP contribution in [0.3, 0.4) is 0 Å². The van der Waals surface area contributed by atoms with E-state index < -0.39 is 0 Å². The van der Waals surface area contributed by atoms with E-state index >= 15 is 0 Å². The van der Waals surface area contributed by atoms with Crippen molar-refractivity contribution in [3.05, 3.63) is 81.8 Å². The topological polar surface area (TPSA) is 45.8 Å². The van der Waals surface area contributed by atoms with Crippen LogP contribution >= 0.6 is 0 Å². The van der Waals surface area contributed by atoms with Gasteiger partial charge in [-0.3, -0.25) is 4.79 Å². The molecule has 0 aliphatic heterocycles. The fourth-order valence-corrected chi connectivity index (χ4v) is 2.82. The van der Waals surface area contributed by atoms with Gasteiger partial charge in [-0.25, -0.2) is 0 Å². The molecule has 3 nitrogen and oxygen atoms in total. The van der Waals surface area contributed by atoms with Gasteiger partial charge in [-0.2, -0.15) is 5.26 Å². The Morgan fingerprint density at radius 2 is 1.88 bits per heavy atom. The molecule has 24 heavy (non-hydrogen) atoms. The van der Waals surface area contributed by atoms with E-state index in [1.165, 1.54) is 5.56 Å². The van der Waals surface area contributed by atoms with E-state index in [2.05, 4.69) is 32.9 Å². The Morgan fingerprint density at radius 1 is 1.08 bits per heavy atom.